The highest BCUT2D eigenvalue weighted by Gasteiger charge is 2.22. The molecule has 0 unspecified atom stereocenters. The van der Waals surface area contributed by atoms with Gasteiger partial charge in [-0.3, -0.25) is 14.4 Å². The van der Waals surface area contributed by atoms with Gasteiger partial charge in [0.15, 0.2) is 0 Å². The van der Waals surface area contributed by atoms with Gasteiger partial charge in [0.2, 0.25) is 15.9 Å². The number of benzene rings is 2. The van der Waals surface area contributed by atoms with Crippen LogP contribution in [0.4, 0.5) is 17.1 Å². The van der Waals surface area contributed by atoms with Crippen molar-refractivity contribution in [1.29, 1.82) is 0 Å². The van der Waals surface area contributed by atoms with Crippen LogP contribution in [0.15, 0.2) is 42.5 Å². The summed E-state index contributed by atoms with van der Waals surface area (Å²) >= 11 is 0. The number of anilines is 3. The Morgan fingerprint density at radius 1 is 1.06 bits per heavy atom. The third-order valence-corrected chi connectivity index (χ3v) is 5.51. The predicted octanol–water partition coefficient (Wildman–Crippen LogP) is 1.83. The van der Waals surface area contributed by atoms with E-state index >= 15 is 0 Å². The smallest absolute Gasteiger partial charge is 0.335 e. The maximum Gasteiger partial charge on any atom is 0.335 e. The molecule has 0 atom stereocenters. The van der Waals surface area contributed by atoms with E-state index in [1.165, 1.54) is 12.1 Å². The van der Waals surface area contributed by atoms with E-state index in [0.717, 1.165) is 17.5 Å². The van der Waals surface area contributed by atoms with E-state index in [2.05, 4.69) is 10.0 Å². The lowest BCUT2D eigenvalue weighted by Gasteiger charge is -2.36. The van der Waals surface area contributed by atoms with Crippen molar-refractivity contribution in [3.63, 3.8) is 0 Å². The molecule has 166 valence electrons. The molecule has 1 aliphatic heterocycles. The molecule has 10 heteroatoms. The van der Waals surface area contributed by atoms with Crippen LogP contribution in [0.3, 0.4) is 0 Å². The van der Waals surface area contributed by atoms with E-state index in [-0.39, 0.29) is 23.7 Å². The molecule has 2 aromatic carbocycles. The maximum atomic E-state index is 12.4. The number of rotatable bonds is 7. The third kappa shape index (κ3) is 6.43. The van der Waals surface area contributed by atoms with Crippen molar-refractivity contribution in [2.45, 2.75) is 6.92 Å². The van der Waals surface area contributed by atoms with Gasteiger partial charge in [0.1, 0.15) is 0 Å². The van der Waals surface area contributed by atoms with E-state index in [4.69, 9.17) is 0 Å². The van der Waals surface area contributed by atoms with Crippen LogP contribution in [-0.4, -0.2) is 69.3 Å². The SMILES string of the molecule is Cc1cccc(NC(=O)CN2CCN(c3ccc(C(=O)O)cc3NS(C)(=O)=O)CC2)c1. The van der Waals surface area contributed by atoms with E-state index in [0.29, 0.717) is 31.9 Å². The molecule has 0 spiro atoms. The summed E-state index contributed by atoms with van der Waals surface area (Å²) in [5, 5.41) is 12.1. The lowest BCUT2D eigenvalue weighted by Crippen LogP contribution is -2.48. The molecule has 0 aromatic heterocycles. The van der Waals surface area contributed by atoms with Gasteiger partial charge in [-0.15, -0.1) is 0 Å². The van der Waals surface area contributed by atoms with Crippen molar-refractivity contribution in [1.82, 2.24) is 4.90 Å². The van der Waals surface area contributed by atoms with Gasteiger partial charge in [0.05, 0.1) is 29.7 Å². The number of carboxylic acids is 1. The number of hydrogen-bond donors (Lipinski definition) is 3. The summed E-state index contributed by atoms with van der Waals surface area (Å²) < 4.78 is 25.9. The maximum absolute atomic E-state index is 12.4. The van der Waals surface area contributed by atoms with Crippen molar-refractivity contribution in [3.8, 4) is 0 Å². The lowest BCUT2D eigenvalue weighted by atomic mass is 10.1. The highest BCUT2D eigenvalue weighted by Crippen LogP contribution is 2.29. The minimum Gasteiger partial charge on any atom is -0.478 e. The number of amides is 1. The van der Waals surface area contributed by atoms with E-state index < -0.39 is 16.0 Å². The summed E-state index contributed by atoms with van der Waals surface area (Å²) in [4.78, 5) is 27.6. The average molecular weight is 447 g/mol. The Morgan fingerprint density at radius 3 is 2.39 bits per heavy atom. The van der Waals surface area contributed by atoms with Gasteiger partial charge in [-0.25, -0.2) is 13.2 Å². The largest absolute Gasteiger partial charge is 0.478 e. The Bertz CT molecular complexity index is 1080. The zero-order valence-corrected chi connectivity index (χ0v) is 18.3. The minimum atomic E-state index is -3.57. The molecule has 31 heavy (non-hydrogen) atoms. The number of carbonyl (C=O) groups is 2. The van der Waals surface area contributed by atoms with Gasteiger partial charge in [0.25, 0.3) is 0 Å². The summed E-state index contributed by atoms with van der Waals surface area (Å²) in [6.07, 6.45) is 1.02. The van der Waals surface area contributed by atoms with Crippen LogP contribution in [-0.2, 0) is 14.8 Å². The Morgan fingerprint density at radius 2 is 1.77 bits per heavy atom. The molecule has 0 saturated carbocycles. The van der Waals surface area contributed by atoms with Gasteiger partial charge >= 0.3 is 5.97 Å². The summed E-state index contributed by atoms with van der Waals surface area (Å²) in [6, 6.07) is 12.0. The number of nitrogens with zero attached hydrogens (tertiary/aromatic N) is 2. The number of nitrogens with one attached hydrogen (secondary N) is 2. The number of piperazine rings is 1. The summed E-state index contributed by atoms with van der Waals surface area (Å²) in [7, 11) is -3.57. The van der Waals surface area contributed by atoms with E-state index in [1.54, 1.807) is 6.07 Å². The topological polar surface area (TPSA) is 119 Å². The van der Waals surface area contributed by atoms with Crippen LogP contribution >= 0.6 is 0 Å². The monoisotopic (exact) mass is 446 g/mol. The summed E-state index contributed by atoms with van der Waals surface area (Å²) in [5.41, 5.74) is 2.67. The van der Waals surface area contributed by atoms with Crippen LogP contribution < -0.4 is 14.9 Å². The quantitative estimate of drug-likeness (QED) is 0.594. The highest BCUT2D eigenvalue weighted by molar-refractivity contribution is 7.92. The zero-order chi connectivity index (χ0) is 22.6. The van der Waals surface area contributed by atoms with Crippen LogP contribution in [0, 0.1) is 6.92 Å². The number of carboxylic acid groups (broad SMARTS) is 1. The molecule has 3 rings (SSSR count). The average Bonchev–Trinajstić information content (AvgIpc) is 2.67. The molecule has 0 radical (unpaired) electrons. The normalized spacial score (nSPS) is 14.8. The first-order valence-corrected chi connectivity index (χ1v) is 11.7. The lowest BCUT2D eigenvalue weighted by molar-refractivity contribution is -0.117. The molecule has 9 nitrogen and oxygen atoms in total. The van der Waals surface area contributed by atoms with Crippen LogP contribution in [0.25, 0.3) is 0 Å². The molecule has 1 fully saturated rings. The molecular weight excluding hydrogens is 420 g/mol. The van der Waals surface area contributed by atoms with Gasteiger partial charge in [0, 0.05) is 31.9 Å². The Hall–Kier alpha value is -3.11. The fraction of sp³-hybridized carbons (Fsp3) is 0.333. The Kier molecular flexibility index (Phi) is 6.81. The standard InChI is InChI=1S/C21H26N4O5S/c1-15-4-3-5-17(12-15)22-20(26)14-24-8-10-25(11-9-24)19-7-6-16(21(27)28)13-18(19)23-31(2,29)30/h3-7,12-13,23H,8-11,14H2,1-2H3,(H,22,26)(H,27,28). The fourth-order valence-electron chi connectivity index (χ4n) is 3.50. The molecular formula is C21H26N4O5S. The predicted molar refractivity (Wildman–Crippen MR) is 120 cm³/mol. The summed E-state index contributed by atoms with van der Waals surface area (Å²) in [5.74, 6) is -1.23. The fourth-order valence-corrected chi connectivity index (χ4v) is 4.06. The van der Waals surface area contributed by atoms with E-state index in [9.17, 15) is 23.1 Å². The molecule has 2 aromatic rings. The first-order chi connectivity index (χ1) is 14.6. The van der Waals surface area contributed by atoms with Gasteiger partial charge < -0.3 is 15.3 Å². The first-order valence-electron chi connectivity index (χ1n) is 9.80. The molecule has 1 amide bonds. The van der Waals surface area contributed by atoms with Crippen LogP contribution in [0.2, 0.25) is 0 Å². The Labute approximate surface area is 181 Å². The number of aromatic carboxylic acids is 1. The summed E-state index contributed by atoms with van der Waals surface area (Å²) in [6.45, 7) is 4.59. The second kappa shape index (κ2) is 9.36. The van der Waals surface area contributed by atoms with Gasteiger partial charge in [-0.05, 0) is 42.8 Å². The number of sulfonamides is 1. The van der Waals surface area contributed by atoms with Crippen molar-refractivity contribution < 1.29 is 23.1 Å². The molecule has 0 aliphatic carbocycles. The first kappa shape index (κ1) is 22.6. The molecule has 0 bridgehead atoms. The second-order valence-corrected chi connectivity index (χ2v) is 9.34. The van der Waals surface area contributed by atoms with Crippen molar-refractivity contribution in [2.75, 3.05) is 53.9 Å². The third-order valence-electron chi connectivity index (χ3n) is 4.92. The van der Waals surface area contributed by atoms with Crippen LogP contribution in [0.1, 0.15) is 15.9 Å². The van der Waals surface area contributed by atoms with Crippen molar-refractivity contribution >= 4 is 39.0 Å². The molecule has 3 N–H and O–H groups in total. The van der Waals surface area contributed by atoms with Crippen LogP contribution in [0.5, 0.6) is 0 Å². The molecule has 1 saturated heterocycles. The minimum absolute atomic E-state index is 0.00126. The molecule has 1 heterocycles. The van der Waals surface area contributed by atoms with Gasteiger partial charge in [-0.1, -0.05) is 12.1 Å². The van der Waals surface area contributed by atoms with Gasteiger partial charge in [-0.2, -0.15) is 0 Å². The Balaban J connectivity index is 1.63. The number of carbonyl (C=O) groups excluding carboxylic acids is 1. The zero-order valence-electron chi connectivity index (χ0n) is 17.5. The van der Waals surface area contributed by atoms with Crippen molar-refractivity contribution in [3.05, 3.63) is 53.6 Å². The number of hydrogen-bond acceptors (Lipinski definition) is 6. The van der Waals surface area contributed by atoms with E-state index in [1.807, 2.05) is 41.0 Å². The number of aryl methyl sites for hydroxylation is 1. The molecule has 1 aliphatic rings. The second-order valence-electron chi connectivity index (χ2n) is 7.59. The van der Waals surface area contributed by atoms with Crippen molar-refractivity contribution in [2.24, 2.45) is 0 Å². The highest BCUT2D eigenvalue weighted by atomic mass is 32.2.